The first kappa shape index (κ1) is 11.6. The molecule has 0 aliphatic heterocycles. The summed E-state index contributed by atoms with van der Waals surface area (Å²) in [6.07, 6.45) is 9.31. The van der Waals surface area contributed by atoms with Crippen LogP contribution in [0, 0.1) is 5.92 Å². The van der Waals surface area contributed by atoms with Crippen molar-refractivity contribution in [3.05, 3.63) is 36.0 Å². The molecule has 1 aromatic rings. The minimum atomic E-state index is -0.941. The molecule has 0 amide bonds. The van der Waals surface area contributed by atoms with Crippen LogP contribution in [0.3, 0.4) is 0 Å². The largest absolute Gasteiger partial charge is 0.478 e. The first-order chi connectivity index (χ1) is 8.27. The van der Waals surface area contributed by atoms with Gasteiger partial charge >= 0.3 is 5.97 Å². The molecule has 1 unspecified atom stereocenters. The van der Waals surface area contributed by atoms with Crippen LogP contribution < -0.4 is 5.32 Å². The molecule has 2 N–H and O–H groups in total. The lowest BCUT2D eigenvalue weighted by Crippen LogP contribution is -2.17. The van der Waals surface area contributed by atoms with Crippen molar-refractivity contribution < 1.29 is 9.90 Å². The fourth-order valence-electron chi connectivity index (χ4n) is 2.00. The molecule has 1 atom stereocenters. The zero-order valence-corrected chi connectivity index (χ0v) is 9.60. The van der Waals surface area contributed by atoms with E-state index in [1.807, 2.05) is 0 Å². The highest BCUT2D eigenvalue weighted by Gasteiger charge is 2.13. The van der Waals surface area contributed by atoms with E-state index in [9.17, 15) is 4.79 Å². The Morgan fingerprint density at radius 3 is 3.12 bits per heavy atom. The molecule has 4 heteroatoms. The van der Waals surface area contributed by atoms with Crippen molar-refractivity contribution in [2.75, 3.05) is 11.9 Å². The van der Waals surface area contributed by atoms with E-state index >= 15 is 0 Å². The third-order valence-electron chi connectivity index (χ3n) is 2.97. The van der Waals surface area contributed by atoms with Crippen LogP contribution in [0.25, 0.3) is 0 Å². The molecule has 1 aliphatic carbocycles. The van der Waals surface area contributed by atoms with Crippen molar-refractivity contribution in [2.45, 2.75) is 19.3 Å². The fraction of sp³-hybridized carbons (Fsp3) is 0.385. The topological polar surface area (TPSA) is 62.2 Å². The van der Waals surface area contributed by atoms with Crippen molar-refractivity contribution >= 4 is 11.8 Å². The maximum absolute atomic E-state index is 11.0. The molecule has 0 bridgehead atoms. The molecule has 0 saturated heterocycles. The number of nitrogens with one attached hydrogen (secondary N) is 1. The Kier molecular flexibility index (Phi) is 3.75. The lowest BCUT2D eigenvalue weighted by Gasteiger charge is -2.18. The molecular weight excluding hydrogens is 216 g/mol. The predicted molar refractivity (Wildman–Crippen MR) is 66.2 cm³/mol. The first-order valence-corrected chi connectivity index (χ1v) is 5.84. The molecule has 90 valence electrons. The fourth-order valence-corrected chi connectivity index (χ4v) is 2.00. The number of allylic oxidation sites excluding steroid dienone is 2. The van der Waals surface area contributed by atoms with Crippen molar-refractivity contribution in [3.63, 3.8) is 0 Å². The van der Waals surface area contributed by atoms with Gasteiger partial charge in [-0.1, -0.05) is 12.2 Å². The summed E-state index contributed by atoms with van der Waals surface area (Å²) in [5.41, 5.74) is 0.235. The number of aromatic carboxylic acids is 1. The van der Waals surface area contributed by atoms with E-state index in [0.717, 1.165) is 25.8 Å². The second-order valence-corrected chi connectivity index (χ2v) is 4.24. The normalized spacial score (nSPS) is 18.9. The monoisotopic (exact) mass is 232 g/mol. The highest BCUT2D eigenvalue weighted by atomic mass is 16.4. The third kappa shape index (κ3) is 3.06. The Morgan fingerprint density at radius 2 is 2.41 bits per heavy atom. The molecule has 1 heterocycles. The number of anilines is 1. The van der Waals surface area contributed by atoms with Gasteiger partial charge in [0, 0.05) is 12.7 Å². The second kappa shape index (κ2) is 5.48. The van der Waals surface area contributed by atoms with Gasteiger partial charge in [0.1, 0.15) is 11.4 Å². The van der Waals surface area contributed by atoms with Crippen LogP contribution in [0.4, 0.5) is 5.82 Å². The molecular formula is C13H16N2O2. The molecule has 0 aromatic carbocycles. The number of pyridine rings is 1. The highest BCUT2D eigenvalue weighted by molar-refractivity contribution is 5.92. The summed E-state index contributed by atoms with van der Waals surface area (Å²) in [5.74, 6) is 0.0994. The average Bonchev–Trinajstić information content (AvgIpc) is 2.38. The van der Waals surface area contributed by atoms with Crippen LogP contribution in [0.5, 0.6) is 0 Å². The molecule has 1 aromatic heterocycles. The van der Waals surface area contributed by atoms with Crippen LogP contribution >= 0.6 is 0 Å². The van der Waals surface area contributed by atoms with E-state index in [1.54, 1.807) is 18.3 Å². The van der Waals surface area contributed by atoms with E-state index in [0.29, 0.717) is 11.7 Å². The van der Waals surface area contributed by atoms with Gasteiger partial charge in [-0.15, -0.1) is 0 Å². The molecule has 0 radical (unpaired) electrons. The lowest BCUT2D eigenvalue weighted by molar-refractivity contribution is 0.0697. The van der Waals surface area contributed by atoms with Crippen molar-refractivity contribution in [1.82, 2.24) is 4.98 Å². The van der Waals surface area contributed by atoms with E-state index in [1.165, 1.54) is 0 Å². The van der Waals surface area contributed by atoms with Gasteiger partial charge in [0.05, 0.1) is 0 Å². The van der Waals surface area contributed by atoms with Gasteiger partial charge in [0.15, 0.2) is 0 Å². The molecule has 0 fully saturated rings. The van der Waals surface area contributed by atoms with Crippen LogP contribution in [0.2, 0.25) is 0 Å². The van der Waals surface area contributed by atoms with Crippen LogP contribution in [0.15, 0.2) is 30.5 Å². The average molecular weight is 232 g/mol. The number of carbonyl (C=O) groups is 1. The van der Waals surface area contributed by atoms with E-state index < -0.39 is 5.97 Å². The van der Waals surface area contributed by atoms with Crippen molar-refractivity contribution in [3.8, 4) is 0 Å². The summed E-state index contributed by atoms with van der Waals surface area (Å²) in [4.78, 5) is 15.1. The molecule has 4 nitrogen and oxygen atoms in total. The van der Waals surface area contributed by atoms with Gasteiger partial charge < -0.3 is 10.4 Å². The number of hydrogen-bond acceptors (Lipinski definition) is 3. The van der Waals surface area contributed by atoms with E-state index in [-0.39, 0.29) is 5.56 Å². The number of aromatic nitrogens is 1. The summed E-state index contributed by atoms with van der Waals surface area (Å²) in [6, 6.07) is 3.20. The minimum Gasteiger partial charge on any atom is -0.478 e. The number of nitrogens with zero attached hydrogens (tertiary/aromatic N) is 1. The van der Waals surface area contributed by atoms with E-state index in [2.05, 4.69) is 22.5 Å². The van der Waals surface area contributed by atoms with Gasteiger partial charge in [-0.2, -0.15) is 0 Å². The SMILES string of the molecule is O=C(O)c1cccnc1NCC1CC=CCC1. The summed E-state index contributed by atoms with van der Waals surface area (Å²) in [5, 5.41) is 12.1. The Hall–Kier alpha value is -1.84. The van der Waals surface area contributed by atoms with Crippen molar-refractivity contribution in [2.24, 2.45) is 5.92 Å². The van der Waals surface area contributed by atoms with Gasteiger partial charge in [0.25, 0.3) is 0 Å². The first-order valence-electron chi connectivity index (χ1n) is 5.84. The molecule has 17 heavy (non-hydrogen) atoms. The van der Waals surface area contributed by atoms with Gasteiger partial charge in [0.2, 0.25) is 0 Å². The highest BCUT2D eigenvalue weighted by Crippen LogP contribution is 2.19. The molecule has 1 aliphatic rings. The summed E-state index contributed by atoms with van der Waals surface area (Å²) >= 11 is 0. The minimum absolute atomic E-state index is 0.235. The maximum atomic E-state index is 11.0. The lowest BCUT2D eigenvalue weighted by atomic mass is 9.94. The Bertz CT molecular complexity index is 429. The van der Waals surface area contributed by atoms with Crippen molar-refractivity contribution in [1.29, 1.82) is 0 Å². The zero-order valence-electron chi connectivity index (χ0n) is 9.60. The number of hydrogen-bond donors (Lipinski definition) is 2. The Balaban J connectivity index is 1.98. The van der Waals surface area contributed by atoms with Crippen LogP contribution in [0.1, 0.15) is 29.6 Å². The Morgan fingerprint density at radius 1 is 1.53 bits per heavy atom. The summed E-state index contributed by atoms with van der Waals surface area (Å²) < 4.78 is 0. The Labute approximate surface area is 100 Å². The quantitative estimate of drug-likeness (QED) is 0.783. The van der Waals surface area contributed by atoms with Crippen LogP contribution in [-0.4, -0.2) is 22.6 Å². The zero-order chi connectivity index (χ0) is 12.1. The second-order valence-electron chi connectivity index (χ2n) is 4.24. The number of rotatable bonds is 4. The van der Waals surface area contributed by atoms with Crippen LogP contribution in [-0.2, 0) is 0 Å². The standard InChI is InChI=1S/C13H16N2O2/c16-13(17)11-7-4-8-14-12(11)15-9-10-5-2-1-3-6-10/h1-2,4,7-8,10H,3,5-6,9H2,(H,14,15)(H,16,17). The maximum Gasteiger partial charge on any atom is 0.339 e. The smallest absolute Gasteiger partial charge is 0.339 e. The van der Waals surface area contributed by atoms with Gasteiger partial charge in [-0.3, -0.25) is 0 Å². The van der Waals surface area contributed by atoms with E-state index in [4.69, 9.17) is 5.11 Å². The predicted octanol–water partition coefficient (Wildman–Crippen LogP) is 2.55. The summed E-state index contributed by atoms with van der Waals surface area (Å²) in [7, 11) is 0. The van der Waals surface area contributed by atoms with Gasteiger partial charge in [-0.25, -0.2) is 9.78 Å². The molecule has 0 saturated carbocycles. The number of carboxylic acid groups (broad SMARTS) is 1. The third-order valence-corrected chi connectivity index (χ3v) is 2.97. The molecule has 0 spiro atoms. The number of carboxylic acids is 1. The van der Waals surface area contributed by atoms with Gasteiger partial charge in [-0.05, 0) is 37.3 Å². The summed E-state index contributed by atoms with van der Waals surface area (Å²) in [6.45, 7) is 0.779. The molecule has 2 rings (SSSR count).